The zero-order valence-electron chi connectivity index (χ0n) is 8.95. The van der Waals surface area contributed by atoms with Gasteiger partial charge in [0.2, 0.25) is 5.95 Å². The normalized spacial score (nSPS) is 14.8. The number of nitrogen functional groups attached to an aromatic ring is 1. The molecule has 17 heavy (non-hydrogen) atoms. The molecule has 2 aromatic heterocycles. The number of nitrogens with zero attached hydrogens (tertiary/aromatic N) is 3. The van der Waals surface area contributed by atoms with E-state index in [-0.39, 0.29) is 22.8 Å². The Balaban J connectivity index is 2.62. The number of nitrogens with one attached hydrogen (secondary N) is 1. The first-order chi connectivity index (χ1) is 7.99. The quantitative estimate of drug-likeness (QED) is 0.509. The average Bonchev–Trinajstić information content (AvgIpc) is 2.26. The lowest BCUT2D eigenvalue weighted by atomic mass is 10.2. The van der Waals surface area contributed by atoms with Gasteiger partial charge in [-0.05, 0) is 6.92 Å². The third kappa shape index (κ3) is 2.08. The molecule has 8 heteroatoms. The molecular formula is C9H11N5O3. The number of aliphatic hydroxyl groups excluding tert-OH is 2. The minimum absolute atomic E-state index is 0.0285. The van der Waals surface area contributed by atoms with Gasteiger partial charge in [-0.2, -0.15) is 4.98 Å². The minimum Gasteiger partial charge on any atom is -0.390 e. The smallest absolute Gasteiger partial charge is 0.280 e. The van der Waals surface area contributed by atoms with Gasteiger partial charge in [-0.1, -0.05) is 0 Å². The predicted molar refractivity (Wildman–Crippen MR) is 59.0 cm³/mol. The number of hydrogen-bond donors (Lipinski definition) is 4. The number of aromatic amines is 1. The Kier molecular flexibility index (Phi) is 2.74. The summed E-state index contributed by atoms with van der Waals surface area (Å²) in [6, 6.07) is 0. The second-order valence-corrected chi connectivity index (χ2v) is 3.60. The first-order valence-electron chi connectivity index (χ1n) is 4.87. The maximum atomic E-state index is 11.4. The van der Waals surface area contributed by atoms with E-state index >= 15 is 0 Å². The predicted octanol–water partition coefficient (Wildman–Crippen LogP) is -1.29. The third-order valence-electron chi connectivity index (χ3n) is 2.22. The number of H-pyrrole nitrogens is 1. The Labute approximate surface area is 95.2 Å². The van der Waals surface area contributed by atoms with E-state index in [1.54, 1.807) is 0 Å². The molecule has 2 heterocycles. The molecule has 8 nitrogen and oxygen atoms in total. The number of hydrogen-bond acceptors (Lipinski definition) is 7. The van der Waals surface area contributed by atoms with Crippen LogP contribution in [0.25, 0.3) is 11.2 Å². The standard InChI is InChI=1S/C9H11N5O3/c1-3(15)6(16)4-2-11-5-7(12-4)13-9(10)14-8(5)17/h2-3,6,15-16H,1H3,(H3,10,12,13,14,17)/t3-,6-/m0/s1. The SMILES string of the molecule is C[C@H](O)[C@H](O)c1cnc2c(=O)[nH]c(N)nc2n1. The zero-order chi connectivity index (χ0) is 12.6. The molecule has 2 rings (SSSR count). The van der Waals surface area contributed by atoms with Crippen LogP contribution in [0.1, 0.15) is 18.7 Å². The number of nitrogens with two attached hydrogens (primary N) is 1. The Morgan fingerprint density at radius 2 is 2.12 bits per heavy atom. The summed E-state index contributed by atoms with van der Waals surface area (Å²) in [5.74, 6) is -0.0829. The van der Waals surface area contributed by atoms with Crippen molar-refractivity contribution in [2.45, 2.75) is 19.1 Å². The van der Waals surface area contributed by atoms with Crippen molar-refractivity contribution < 1.29 is 10.2 Å². The van der Waals surface area contributed by atoms with Crippen LogP contribution in [0.5, 0.6) is 0 Å². The van der Waals surface area contributed by atoms with Crippen LogP contribution in [-0.2, 0) is 0 Å². The highest BCUT2D eigenvalue weighted by atomic mass is 16.3. The van der Waals surface area contributed by atoms with Gasteiger partial charge in [0.25, 0.3) is 5.56 Å². The van der Waals surface area contributed by atoms with Crippen LogP contribution < -0.4 is 11.3 Å². The van der Waals surface area contributed by atoms with Gasteiger partial charge in [0.05, 0.1) is 18.0 Å². The summed E-state index contributed by atoms with van der Waals surface area (Å²) < 4.78 is 0. The summed E-state index contributed by atoms with van der Waals surface area (Å²) in [6.07, 6.45) is -0.970. The molecule has 5 N–H and O–H groups in total. The van der Waals surface area contributed by atoms with Crippen LogP contribution in [0, 0.1) is 0 Å². The van der Waals surface area contributed by atoms with Crippen molar-refractivity contribution in [2.24, 2.45) is 0 Å². The lowest BCUT2D eigenvalue weighted by Gasteiger charge is -2.12. The molecular weight excluding hydrogens is 226 g/mol. The lowest BCUT2D eigenvalue weighted by molar-refractivity contribution is 0.0278. The molecule has 0 amide bonds. The van der Waals surface area contributed by atoms with Crippen molar-refractivity contribution in [3.63, 3.8) is 0 Å². The van der Waals surface area contributed by atoms with E-state index in [2.05, 4.69) is 19.9 Å². The van der Waals surface area contributed by atoms with Crippen LogP contribution in [0.4, 0.5) is 5.95 Å². The Morgan fingerprint density at radius 3 is 2.76 bits per heavy atom. The zero-order valence-corrected chi connectivity index (χ0v) is 8.95. The molecule has 0 spiro atoms. The summed E-state index contributed by atoms with van der Waals surface area (Å²) in [7, 11) is 0. The molecule has 90 valence electrons. The summed E-state index contributed by atoms with van der Waals surface area (Å²) >= 11 is 0. The first kappa shape index (κ1) is 11.4. The van der Waals surface area contributed by atoms with Crippen LogP contribution in [0.3, 0.4) is 0 Å². The van der Waals surface area contributed by atoms with E-state index in [1.807, 2.05) is 0 Å². The monoisotopic (exact) mass is 237 g/mol. The van der Waals surface area contributed by atoms with E-state index in [1.165, 1.54) is 13.1 Å². The van der Waals surface area contributed by atoms with Crippen molar-refractivity contribution in [3.05, 3.63) is 22.2 Å². The summed E-state index contributed by atoms with van der Waals surface area (Å²) in [5, 5.41) is 18.8. The van der Waals surface area contributed by atoms with Crippen LogP contribution >= 0.6 is 0 Å². The van der Waals surface area contributed by atoms with Crippen molar-refractivity contribution in [3.8, 4) is 0 Å². The molecule has 0 aliphatic heterocycles. The van der Waals surface area contributed by atoms with Crippen LogP contribution in [-0.4, -0.2) is 36.3 Å². The van der Waals surface area contributed by atoms with Crippen LogP contribution in [0.15, 0.2) is 11.0 Å². The Bertz CT molecular complexity index is 609. The van der Waals surface area contributed by atoms with Gasteiger partial charge < -0.3 is 15.9 Å². The maximum absolute atomic E-state index is 11.4. The average molecular weight is 237 g/mol. The topological polar surface area (TPSA) is 138 Å². The molecule has 0 aromatic carbocycles. The molecule has 0 bridgehead atoms. The second kappa shape index (κ2) is 4.07. The molecule has 2 atom stereocenters. The van der Waals surface area contributed by atoms with Gasteiger partial charge in [-0.25, -0.2) is 9.97 Å². The van der Waals surface area contributed by atoms with Crippen molar-refractivity contribution in [1.29, 1.82) is 0 Å². The number of anilines is 1. The Morgan fingerprint density at radius 1 is 1.41 bits per heavy atom. The molecule has 0 aliphatic rings. The van der Waals surface area contributed by atoms with Crippen LogP contribution in [0.2, 0.25) is 0 Å². The second-order valence-electron chi connectivity index (χ2n) is 3.60. The highest BCUT2D eigenvalue weighted by molar-refractivity contribution is 5.69. The fraction of sp³-hybridized carbons (Fsp3) is 0.333. The summed E-state index contributed by atoms with van der Waals surface area (Å²) in [5.41, 5.74) is 5.05. The lowest BCUT2D eigenvalue weighted by Crippen LogP contribution is -2.18. The van der Waals surface area contributed by atoms with E-state index in [0.717, 1.165) is 0 Å². The highest BCUT2D eigenvalue weighted by Crippen LogP contribution is 2.14. The fourth-order valence-electron chi connectivity index (χ4n) is 1.34. The largest absolute Gasteiger partial charge is 0.390 e. The van der Waals surface area contributed by atoms with E-state index < -0.39 is 17.8 Å². The van der Waals surface area contributed by atoms with E-state index in [0.29, 0.717) is 0 Å². The summed E-state index contributed by atoms with van der Waals surface area (Å²) in [6.45, 7) is 1.41. The molecule has 0 saturated carbocycles. The number of fused-ring (bicyclic) bond motifs is 1. The summed E-state index contributed by atoms with van der Waals surface area (Å²) in [4.78, 5) is 25.3. The highest BCUT2D eigenvalue weighted by Gasteiger charge is 2.17. The first-order valence-corrected chi connectivity index (χ1v) is 4.87. The van der Waals surface area contributed by atoms with Crippen molar-refractivity contribution in [1.82, 2.24) is 19.9 Å². The number of aromatic nitrogens is 4. The van der Waals surface area contributed by atoms with Gasteiger partial charge in [-0.15, -0.1) is 0 Å². The van der Waals surface area contributed by atoms with Gasteiger partial charge in [0.1, 0.15) is 6.10 Å². The Hall–Kier alpha value is -2.06. The maximum Gasteiger partial charge on any atom is 0.280 e. The van der Waals surface area contributed by atoms with E-state index in [9.17, 15) is 15.0 Å². The van der Waals surface area contributed by atoms with Gasteiger partial charge in [0.15, 0.2) is 11.2 Å². The number of aliphatic hydroxyl groups is 2. The van der Waals surface area contributed by atoms with Gasteiger partial charge in [0, 0.05) is 0 Å². The molecule has 0 fully saturated rings. The fourth-order valence-corrected chi connectivity index (χ4v) is 1.34. The van der Waals surface area contributed by atoms with Gasteiger partial charge >= 0.3 is 0 Å². The molecule has 0 aliphatic carbocycles. The minimum atomic E-state index is -1.19. The molecule has 0 unspecified atom stereocenters. The molecule has 0 radical (unpaired) electrons. The van der Waals surface area contributed by atoms with Crippen molar-refractivity contribution >= 4 is 17.1 Å². The van der Waals surface area contributed by atoms with Gasteiger partial charge in [-0.3, -0.25) is 9.78 Å². The third-order valence-corrected chi connectivity index (χ3v) is 2.22. The number of rotatable bonds is 2. The van der Waals surface area contributed by atoms with E-state index in [4.69, 9.17) is 5.73 Å². The molecule has 2 aromatic rings. The molecule has 0 saturated heterocycles. The van der Waals surface area contributed by atoms with Crippen molar-refractivity contribution in [2.75, 3.05) is 5.73 Å².